The Hall–Kier alpha value is -3.43. The molecule has 1 saturated heterocycles. The topological polar surface area (TPSA) is 119 Å². The van der Waals surface area contributed by atoms with Crippen LogP contribution in [-0.2, 0) is 23.9 Å². The van der Waals surface area contributed by atoms with Crippen molar-refractivity contribution in [1.82, 2.24) is 0 Å². The Morgan fingerprint density at radius 3 is 2.13 bits per heavy atom. The number of imide groups is 1. The van der Waals surface area contributed by atoms with Crippen molar-refractivity contribution in [2.24, 2.45) is 11.8 Å². The zero-order valence-electron chi connectivity index (χ0n) is 21.2. The van der Waals surface area contributed by atoms with E-state index in [9.17, 15) is 24.0 Å². The van der Waals surface area contributed by atoms with Crippen molar-refractivity contribution in [1.29, 1.82) is 0 Å². The summed E-state index contributed by atoms with van der Waals surface area (Å²) in [5.74, 6) is -3.66. The van der Waals surface area contributed by atoms with Gasteiger partial charge in [-0.25, -0.2) is 9.59 Å². The molecule has 2 fully saturated rings. The van der Waals surface area contributed by atoms with E-state index in [0.29, 0.717) is 30.7 Å². The van der Waals surface area contributed by atoms with E-state index in [1.165, 1.54) is 30.3 Å². The van der Waals surface area contributed by atoms with Gasteiger partial charge in [0.25, 0.3) is 5.91 Å². The Kier molecular flexibility index (Phi) is 9.24. The van der Waals surface area contributed by atoms with Crippen LogP contribution in [0.4, 0.5) is 11.4 Å². The highest BCUT2D eigenvalue weighted by atomic mass is 35.5. The summed E-state index contributed by atoms with van der Waals surface area (Å²) in [4.78, 5) is 64.0. The van der Waals surface area contributed by atoms with Gasteiger partial charge >= 0.3 is 11.9 Å². The van der Waals surface area contributed by atoms with Crippen molar-refractivity contribution in [2.75, 3.05) is 23.4 Å². The molecule has 4 atom stereocenters. The highest BCUT2D eigenvalue weighted by molar-refractivity contribution is 6.31. The molecule has 1 heterocycles. The van der Waals surface area contributed by atoms with E-state index in [1.54, 1.807) is 18.2 Å². The average Bonchev–Trinajstić information content (AvgIpc) is 3.16. The number of hydrogen-bond acceptors (Lipinski definition) is 7. The monoisotopic (exact) mass is 574 g/mol. The van der Waals surface area contributed by atoms with E-state index in [-0.39, 0.29) is 23.1 Å². The lowest BCUT2D eigenvalue weighted by Crippen LogP contribution is -2.34. The van der Waals surface area contributed by atoms with Crippen LogP contribution in [0.1, 0.15) is 53.3 Å². The number of anilines is 2. The van der Waals surface area contributed by atoms with Crippen LogP contribution >= 0.6 is 23.2 Å². The van der Waals surface area contributed by atoms with E-state index < -0.39 is 47.0 Å². The normalized spacial score (nSPS) is 22.3. The standard InChI is InChI=1S/C28H28Cl2N2O7/c1-2-3-11-38-27(36)16-7-9-18(10-8-16)31-24(33)15-39-28(37)17-5-4-6-19(12-17)32-25(34)20-13-22(29)23(30)14-21(20)26(32)35/h4-10,12,20-23H,2-3,11,13-15H2,1H3,(H,31,33)/t20-,21-,22-,23+/m1/s1. The number of unbranched alkanes of at least 4 members (excludes halogenated alkanes) is 1. The lowest BCUT2D eigenvalue weighted by atomic mass is 9.80. The van der Waals surface area contributed by atoms with Crippen LogP contribution in [0.2, 0.25) is 0 Å². The van der Waals surface area contributed by atoms with Gasteiger partial charge in [0.1, 0.15) is 0 Å². The van der Waals surface area contributed by atoms with Crippen LogP contribution < -0.4 is 10.2 Å². The number of carbonyl (C=O) groups is 5. The van der Waals surface area contributed by atoms with Crippen molar-refractivity contribution in [3.8, 4) is 0 Å². The minimum absolute atomic E-state index is 0.0761. The summed E-state index contributed by atoms with van der Waals surface area (Å²) in [5.41, 5.74) is 1.08. The predicted molar refractivity (Wildman–Crippen MR) is 145 cm³/mol. The molecule has 1 aliphatic heterocycles. The number of rotatable bonds is 9. The Labute approximate surface area is 235 Å². The largest absolute Gasteiger partial charge is 0.462 e. The van der Waals surface area contributed by atoms with Crippen LogP contribution in [-0.4, -0.2) is 53.6 Å². The molecule has 1 aliphatic carbocycles. The molecule has 1 saturated carbocycles. The highest BCUT2D eigenvalue weighted by Crippen LogP contribution is 2.43. The van der Waals surface area contributed by atoms with Gasteiger partial charge in [0.2, 0.25) is 11.8 Å². The summed E-state index contributed by atoms with van der Waals surface area (Å²) in [7, 11) is 0. The number of nitrogens with one attached hydrogen (secondary N) is 1. The van der Waals surface area contributed by atoms with Gasteiger partial charge in [-0.1, -0.05) is 19.4 Å². The maximum Gasteiger partial charge on any atom is 0.338 e. The fourth-order valence-electron chi connectivity index (χ4n) is 4.62. The number of amides is 3. The molecule has 2 aliphatic rings. The maximum atomic E-state index is 13.0. The van der Waals surface area contributed by atoms with Gasteiger partial charge in [-0.2, -0.15) is 0 Å². The maximum absolute atomic E-state index is 13.0. The van der Waals surface area contributed by atoms with Crippen molar-refractivity contribution in [3.05, 3.63) is 59.7 Å². The molecule has 2 aromatic carbocycles. The SMILES string of the molecule is CCCCOC(=O)c1ccc(NC(=O)COC(=O)c2cccc(N3C(=O)[C@@H]4C[C@@H](Cl)[C@@H](Cl)C[C@H]4C3=O)c2)cc1. The number of esters is 2. The third kappa shape index (κ3) is 6.59. The summed E-state index contributed by atoms with van der Waals surface area (Å²) in [6.45, 7) is 1.77. The summed E-state index contributed by atoms with van der Waals surface area (Å²) >= 11 is 12.5. The molecule has 1 N–H and O–H groups in total. The summed E-state index contributed by atoms with van der Waals surface area (Å²) in [5, 5.41) is 1.78. The Bertz CT molecular complexity index is 1240. The van der Waals surface area contributed by atoms with Crippen LogP contribution in [0.25, 0.3) is 0 Å². The number of halogens is 2. The summed E-state index contributed by atoms with van der Waals surface area (Å²) < 4.78 is 10.3. The first kappa shape index (κ1) is 28.6. The lowest BCUT2D eigenvalue weighted by Gasteiger charge is -2.28. The molecule has 0 spiro atoms. The predicted octanol–water partition coefficient (Wildman–Crippen LogP) is 4.55. The number of carbonyl (C=O) groups excluding carboxylic acids is 5. The first-order valence-corrected chi connectivity index (χ1v) is 13.6. The first-order valence-electron chi connectivity index (χ1n) is 12.7. The van der Waals surface area contributed by atoms with Gasteiger partial charge in [0, 0.05) is 5.69 Å². The second kappa shape index (κ2) is 12.6. The lowest BCUT2D eigenvalue weighted by molar-refractivity contribution is -0.122. The van der Waals surface area contributed by atoms with Crippen LogP contribution in [0.3, 0.4) is 0 Å². The molecule has 206 valence electrons. The van der Waals surface area contributed by atoms with Crippen LogP contribution in [0.5, 0.6) is 0 Å². The van der Waals surface area contributed by atoms with E-state index in [1.807, 2.05) is 6.92 Å². The zero-order chi connectivity index (χ0) is 28.1. The molecule has 3 amide bonds. The zero-order valence-corrected chi connectivity index (χ0v) is 22.7. The summed E-state index contributed by atoms with van der Waals surface area (Å²) in [6, 6.07) is 12.1. The number of nitrogens with zero attached hydrogens (tertiary/aromatic N) is 1. The van der Waals surface area contributed by atoms with Gasteiger partial charge in [0.15, 0.2) is 6.61 Å². The van der Waals surface area contributed by atoms with Crippen molar-refractivity contribution >= 4 is 64.2 Å². The van der Waals surface area contributed by atoms with Crippen LogP contribution in [0, 0.1) is 11.8 Å². The number of hydrogen-bond donors (Lipinski definition) is 1. The molecule has 0 unspecified atom stereocenters. The quantitative estimate of drug-likeness (QED) is 0.202. The second-order valence-electron chi connectivity index (χ2n) is 9.47. The van der Waals surface area contributed by atoms with Crippen molar-refractivity contribution < 1.29 is 33.4 Å². The highest BCUT2D eigenvalue weighted by Gasteiger charge is 2.52. The van der Waals surface area contributed by atoms with E-state index in [2.05, 4.69) is 5.32 Å². The average molecular weight is 575 g/mol. The molecule has 4 rings (SSSR count). The van der Waals surface area contributed by atoms with Gasteiger partial charge in [-0.3, -0.25) is 19.3 Å². The fraction of sp³-hybridized carbons (Fsp3) is 0.393. The second-order valence-corrected chi connectivity index (χ2v) is 10.6. The molecule has 9 nitrogen and oxygen atoms in total. The molecule has 2 aromatic rings. The third-order valence-corrected chi connectivity index (χ3v) is 7.82. The molecular weight excluding hydrogens is 547 g/mol. The molecule has 0 aromatic heterocycles. The van der Waals surface area contributed by atoms with Gasteiger partial charge < -0.3 is 14.8 Å². The Morgan fingerprint density at radius 2 is 1.51 bits per heavy atom. The van der Waals surface area contributed by atoms with E-state index in [0.717, 1.165) is 17.7 Å². The smallest absolute Gasteiger partial charge is 0.338 e. The molecule has 11 heteroatoms. The number of alkyl halides is 2. The molecular formula is C28H28Cl2N2O7. The van der Waals surface area contributed by atoms with Gasteiger partial charge in [0.05, 0.1) is 46.0 Å². The molecule has 39 heavy (non-hydrogen) atoms. The van der Waals surface area contributed by atoms with E-state index in [4.69, 9.17) is 32.7 Å². The van der Waals surface area contributed by atoms with Crippen molar-refractivity contribution in [3.63, 3.8) is 0 Å². The minimum Gasteiger partial charge on any atom is -0.462 e. The fourth-order valence-corrected chi connectivity index (χ4v) is 5.20. The molecule has 0 bridgehead atoms. The number of benzene rings is 2. The minimum atomic E-state index is -0.796. The van der Waals surface area contributed by atoms with E-state index >= 15 is 0 Å². The summed E-state index contributed by atoms with van der Waals surface area (Å²) in [6.07, 6.45) is 2.31. The van der Waals surface area contributed by atoms with Gasteiger partial charge in [-0.05, 0) is 61.7 Å². The number of ether oxygens (including phenoxy) is 2. The van der Waals surface area contributed by atoms with Crippen molar-refractivity contribution in [2.45, 2.75) is 43.4 Å². The van der Waals surface area contributed by atoms with Crippen LogP contribution in [0.15, 0.2) is 48.5 Å². The Balaban J connectivity index is 1.32. The van der Waals surface area contributed by atoms with Gasteiger partial charge in [-0.15, -0.1) is 23.2 Å². The molecule has 0 radical (unpaired) electrons. The Morgan fingerprint density at radius 1 is 0.897 bits per heavy atom. The number of fused-ring (bicyclic) bond motifs is 1. The third-order valence-electron chi connectivity index (χ3n) is 6.72. The first-order chi connectivity index (χ1) is 18.7.